The summed E-state index contributed by atoms with van der Waals surface area (Å²) in [6.45, 7) is 4.01. The number of nitrogens with zero attached hydrogens (tertiary/aromatic N) is 1. The monoisotopic (exact) mass is 566 g/mol. The lowest BCUT2D eigenvalue weighted by molar-refractivity contribution is -0.136. The van der Waals surface area contributed by atoms with Gasteiger partial charge in [-0.25, -0.2) is 4.79 Å². The summed E-state index contributed by atoms with van der Waals surface area (Å²) in [6.07, 6.45) is 0. The molecule has 41 heavy (non-hydrogen) atoms. The van der Waals surface area contributed by atoms with E-state index in [1.165, 1.54) is 0 Å². The predicted molar refractivity (Wildman–Crippen MR) is 155 cm³/mol. The van der Waals surface area contributed by atoms with Gasteiger partial charge in [0.05, 0.1) is 5.92 Å². The first kappa shape index (κ1) is 27.6. The minimum atomic E-state index is -0.569. The highest BCUT2D eigenvalue weighted by Gasteiger charge is 2.31. The summed E-state index contributed by atoms with van der Waals surface area (Å²) in [4.78, 5) is 12.5. The molecule has 4 aromatic rings. The van der Waals surface area contributed by atoms with E-state index in [4.69, 9.17) is 36.3 Å². The summed E-state index contributed by atoms with van der Waals surface area (Å²) in [5.41, 5.74) is 11.0. The largest absolute Gasteiger partial charge is 0.489 e. The van der Waals surface area contributed by atoms with Gasteiger partial charge in [0, 0.05) is 22.2 Å². The minimum absolute atomic E-state index is 0.0195. The molecule has 0 aromatic heterocycles. The first-order valence-electron chi connectivity index (χ1n) is 12.9. The third kappa shape index (κ3) is 6.29. The Hall–Kier alpha value is -4.93. The highest BCUT2D eigenvalue weighted by atomic mass is 35.5. The number of aryl methyl sites for hydroxylation is 2. The Labute approximate surface area is 243 Å². The molecule has 4 aromatic carbocycles. The predicted octanol–water partition coefficient (Wildman–Crippen LogP) is 6.74. The van der Waals surface area contributed by atoms with E-state index in [2.05, 4.69) is 6.07 Å². The average molecular weight is 567 g/mol. The Kier molecular flexibility index (Phi) is 8.14. The Balaban J connectivity index is 1.33. The van der Waals surface area contributed by atoms with Gasteiger partial charge in [-0.1, -0.05) is 54.1 Å². The molecule has 1 aliphatic heterocycles. The van der Waals surface area contributed by atoms with E-state index in [0.717, 1.165) is 22.3 Å². The van der Waals surface area contributed by atoms with Crippen LogP contribution in [0.25, 0.3) is 0 Å². The lowest BCUT2D eigenvalue weighted by Gasteiger charge is -2.27. The van der Waals surface area contributed by atoms with Crippen LogP contribution in [0.1, 0.15) is 33.7 Å². The Morgan fingerprint density at radius 3 is 2.49 bits per heavy atom. The number of ether oxygens (including phenoxy) is 4. The molecule has 0 amide bonds. The van der Waals surface area contributed by atoms with Crippen LogP contribution in [0.15, 0.2) is 96.4 Å². The highest BCUT2D eigenvalue weighted by Crippen LogP contribution is 2.44. The standard InChI is InChI=1S/C33H27ClN2O5/c1-20-10-11-25(14-21(20)2)39-19-31(37)40-26-12-13-27-30(16-26)41-33(36)28(17-35)32(27)22-7-5-8-24(15-22)38-18-23-6-3-4-9-29(23)34/h3-16,32H,18-19,36H2,1-2H3. The van der Waals surface area contributed by atoms with Gasteiger partial charge in [0.15, 0.2) is 6.61 Å². The fourth-order valence-electron chi connectivity index (χ4n) is 4.51. The van der Waals surface area contributed by atoms with Crippen LogP contribution >= 0.6 is 11.6 Å². The van der Waals surface area contributed by atoms with E-state index in [9.17, 15) is 10.1 Å². The smallest absolute Gasteiger partial charge is 0.349 e. The lowest BCUT2D eigenvalue weighted by atomic mass is 9.83. The molecular weight excluding hydrogens is 540 g/mol. The van der Waals surface area contributed by atoms with Crippen LogP contribution in [0.4, 0.5) is 0 Å². The number of allylic oxidation sites excluding steroid dienone is 1. The van der Waals surface area contributed by atoms with Gasteiger partial charge in [0.2, 0.25) is 5.88 Å². The van der Waals surface area contributed by atoms with Crippen molar-refractivity contribution in [1.82, 2.24) is 0 Å². The molecule has 0 fully saturated rings. The normalized spacial score (nSPS) is 14.0. The van der Waals surface area contributed by atoms with Crippen molar-refractivity contribution in [2.24, 2.45) is 5.73 Å². The number of nitrogens with two attached hydrogens (primary N) is 1. The van der Waals surface area contributed by atoms with Gasteiger partial charge in [0.25, 0.3) is 0 Å². The maximum Gasteiger partial charge on any atom is 0.349 e. The van der Waals surface area contributed by atoms with Crippen molar-refractivity contribution in [2.75, 3.05) is 6.61 Å². The molecule has 206 valence electrons. The molecule has 5 rings (SSSR count). The van der Waals surface area contributed by atoms with Crippen LogP contribution in [-0.4, -0.2) is 12.6 Å². The molecule has 1 heterocycles. The number of esters is 1. The number of halogens is 1. The molecule has 0 bridgehead atoms. The van der Waals surface area contributed by atoms with Crippen LogP contribution < -0.4 is 24.7 Å². The number of rotatable bonds is 8. The third-order valence-electron chi connectivity index (χ3n) is 6.80. The second-order valence-corrected chi connectivity index (χ2v) is 9.99. The number of benzene rings is 4. The number of nitriles is 1. The van der Waals surface area contributed by atoms with Crippen molar-refractivity contribution in [1.29, 1.82) is 5.26 Å². The molecule has 0 saturated carbocycles. The SMILES string of the molecule is Cc1ccc(OCC(=O)Oc2ccc3c(c2)OC(N)=C(C#N)C3c2cccc(OCc3ccccc3Cl)c2)cc1C. The van der Waals surface area contributed by atoms with Gasteiger partial charge in [-0.3, -0.25) is 0 Å². The molecule has 0 spiro atoms. The Bertz CT molecular complexity index is 1690. The molecule has 1 unspecified atom stereocenters. The molecular formula is C33H27ClN2O5. The number of carbonyl (C=O) groups excluding carboxylic acids is 1. The van der Waals surface area contributed by atoms with E-state index in [1.807, 2.05) is 74.5 Å². The van der Waals surface area contributed by atoms with E-state index >= 15 is 0 Å². The van der Waals surface area contributed by atoms with Crippen LogP contribution in [0.2, 0.25) is 5.02 Å². The van der Waals surface area contributed by atoms with Gasteiger partial charge < -0.3 is 24.7 Å². The zero-order valence-electron chi connectivity index (χ0n) is 22.5. The molecule has 0 aliphatic carbocycles. The molecule has 2 N–H and O–H groups in total. The fraction of sp³-hybridized carbons (Fsp3) is 0.152. The van der Waals surface area contributed by atoms with E-state index in [0.29, 0.717) is 34.4 Å². The summed E-state index contributed by atoms with van der Waals surface area (Å²) >= 11 is 6.27. The van der Waals surface area contributed by atoms with Gasteiger partial charge in [-0.05, 0) is 66.9 Å². The number of fused-ring (bicyclic) bond motifs is 1. The zero-order valence-corrected chi connectivity index (χ0v) is 23.3. The van der Waals surface area contributed by atoms with E-state index in [-0.39, 0.29) is 23.8 Å². The molecule has 1 aliphatic rings. The highest BCUT2D eigenvalue weighted by molar-refractivity contribution is 6.31. The second kappa shape index (κ2) is 12.1. The molecule has 0 radical (unpaired) electrons. The van der Waals surface area contributed by atoms with Crippen molar-refractivity contribution in [3.8, 4) is 29.1 Å². The van der Waals surface area contributed by atoms with Crippen molar-refractivity contribution in [3.63, 3.8) is 0 Å². The van der Waals surface area contributed by atoms with Crippen molar-refractivity contribution < 1.29 is 23.7 Å². The number of hydrogen-bond donors (Lipinski definition) is 1. The molecule has 8 heteroatoms. The topological polar surface area (TPSA) is 104 Å². The summed E-state index contributed by atoms with van der Waals surface area (Å²) in [7, 11) is 0. The summed E-state index contributed by atoms with van der Waals surface area (Å²) in [5.74, 6) is 0.748. The Morgan fingerprint density at radius 2 is 1.71 bits per heavy atom. The number of carbonyl (C=O) groups is 1. The van der Waals surface area contributed by atoms with E-state index < -0.39 is 11.9 Å². The quantitative estimate of drug-likeness (QED) is 0.186. The van der Waals surface area contributed by atoms with Crippen LogP contribution in [0.3, 0.4) is 0 Å². The third-order valence-corrected chi connectivity index (χ3v) is 7.17. The molecule has 7 nitrogen and oxygen atoms in total. The maximum absolute atomic E-state index is 12.5. The van der Waals surface area contributed by atoms with Crippen LogP contribution in [0, 0.1) is 25.2 Å². The zero-order chi connectivity index (χ0) is 28.9. The number of hydrogen-bond acceptors (Lipinski definition) is 7. The van der Waals surface area contributed by atoms with Crippen molar-refractivity contribution >= 4 is 17.6 Å². The molecule has 0 saturated heterocycles. The van der Waals surface area contributed by atoms with Gasteiger partial charge in [-0.2, -0.15) is 5.26 Å². The minimum Gasteiger partial charge on any atom is -0.489 e. The van der Waals surface area contributed by atoms with Crippen LogP contribution in [-0.2, 0) is 11.4 Å². The second-order valence-electron chi connectivity index (χ2n) is 9.59. The molecule has 1 atom stereocenters. The van der Waals surface area contributed by atoms with Crippen molar-refractivity contribution in [3.05, 3.63) is 129 Å². The first-order chi connectivity index (χ1) is 19.8. The van der Waals surface area contributed by atoms with Gasteiger partial charge in [-0.15, -0.1) is 0 Å². The van der Waals surface area contributed by atoms with E-state index in [1.54, 1.807) is 24.3 Å². The van der Waals surface area contributed by atoms with Gasteiger partial charge >= 0.3 is 5.97 Å². The van der Waals surface area contributed by atoms with Gasteiger partial charge in [0.1, 0.15) is 41.2 Å². The Morgan fingerprint density at radius 1 is 0.927 bits per heavy atom. The van der Waals surface area contributed by atoms with Crippen molar-refractivity contribution in [2.45, 2.75) is 26.4 Å². The lowest BCUT2D eigenvalue weighted by Crippen LogP contribution is -2.21. The average Bonchev–Trinajstić information content (AvgIpc) is 2.96. The maximum atomic E-state index is 12.5. The fourth-order valence-corrected chi connectivity index (χ4v) is 4.70. The first-order valence-corrected chi connectivity index (χ1v) is 13.3. The van der Waals surface area contributed by atoms with Crippen LogP contribution in [0.5, 0.6) is 23.0 Å². The summed E-state index contributed by atoms with van der Waals surface area (Å²) < 4.78 is 22.9. The summed E-state index contributed by atoms with van der Waals surface area (Å²) in [5, 5.41) is 10.6. The summed E-state index contributed by atoms with van der Waals surface area (Å²) in [6, 6.07) is 27.7.